The van der Waals surface area contributed by atoms with Crippen LogP contribution < -0.4 is 10.1 Å². The minimum absolute atomic E-state index is 0.00228. The number of non-ortho nitro benzene ring substituents is 1. The molecule has 1 aromatic carbocycles. The Morgan fingerprint density at radius 3 is 2.81 bits per heavy atom. The second kappa shape index (κ2) is 6.43. The summed E-state index contributed by atoms with van der Waals surface area (Å²) in [6.07, 6.45) is 1.50. The van der Waals surface area contributed by atoms with Gasteiger partial charge in [-0.3, -0.25) is 14.9 Å². The molecule has 7 nitrogen and oxygen atoms in total. The highest BCUT2D eigenvalue weighted by Crippen LogP contribution is 2.27. The molecule has 7 heteroatoms. The number of likely N-dealkylation sites (tertiary alicyclic amines) is 1. The smallest absolute Gasteiger partial charge is 0.275 e. The summed E-state index contributed by atoms with van der Waals surface area (Å²) in [7, 11) is 1.74. The molecule has 21 heavy (non-hydrogen) atoms. The van der Waals surface area contributed by atoms with Crippen molar-refractivity contribution in [2.24, 2.45) is 0 Å². The molecule has 1 fully saturated rings. The van der Waals surface area contributed by atoms with Crippen LogP contribution in [0, 0.1) is 10.1 Å². The van der Waals surface area contributed by atoms with Crippen molar-refractivity contribution < 1.29 is 14.5 Å². The van der Waals surface area contributed by atoms with Gasteiger partial charge in [-0.15, -0.1) is 0 Å². The van der Waals surface area contributed by atoms with Crippen LogP contribution in [0.25, 0.3) is 0 Å². The number of carbonyl (C=O) groups is 1. The minimum Gasteiger partial charge on any atom is -0.493 e. The summed E-state index contributed by atoms with van der Waals surface area (Å²) in [5.41, 5.74) is 0.480. The van der Waals surface area contributed by atoms with Crippen molar-refractivity contribution in [3.8, 4) is 5.75 Å². The van der Waals surface area contributed by atoms with E-state index in [0.717, 1.165) is 6.42 Å². The molecule has 1 aliphatic rings. The number of amides is 1. The Morgan fingerprint density at radius 2 is 2.24 bits per heavy atom. The van der Waals surface area contributed by atoms with Crippen LogP contribution in [0.4, 0.5) is 11.4 Å². The largest absolute Gasteiger partial charge is 0.493 e. The number of nitro groups is 1. The van der Waals surface area contributed by atoms with Crippen LogP contribution in [0.15, 0.2) is 18.2 Å². The number of anilines is 1. The van der Waals surface area contributed by atoms with E-state index in [1.165, 1.54) is 12.1 Å². The molecular weight excluding hydrogens is 274 g/mol. The molecular formula is C14H19N3O4. The first-order valence-corrected chi connectivity index (χ1v) is 6.95. The van der Waals surface area contributed by atoms with E-state index in [9.17, 15) is 14.9 Å². The number of nitrogens with one attached hydrogen (secondary N) is 1. The highest BCUT2D eigenvalue weighted by Gasteiger charge is 2.29. The molecule has 1 N–H and O–H groups in total. The quantitative estimate of drug-likeness (QED) is 0.640. The number of nitrogens with zero attached hydrogens (tertiary/aromatic N) is 2. The Labute approximate surface area is 123 Å². The second-order valence-electron chi connectivity index (χ2n) is 5.07. The topological polar surface area (TPSA) is 84.7 Å². The van der Waals surface area contributed by atoms with Crippen LogP contribution in [0.5, 0.6) is 5.75 Å². The van der Waals surface area contributed by atoms with Gasteiger partial charge in [0.25, 0.3) is 5.69 Å². The lowest BCUT2D eigenvalue weighted by Gasteiger charge is -2.14. The predicted molar refractivity (Wildman–Crippen MR) is 78.5 cm³/mol. The molecule has 0 aromatic heterocycles. The van der Waals surface area contributed by atoms with Gasteiger partial charge in [0, 0.05) is 31.4 Å². The van der Waals surface area contributed by atoms with Crippen molar-refractivity contribution in [2.45, 2.75) is 25.8 Å². The van der Waals surface area contributed by atoms with Gasteiger partial charge in [-0.2, -0.15) is 0 Å². The molecule has 0 spiro atoms. The van der Waals surface area contributed by atoms with Gasteiger partial charge < -0.3 is 15.0 Å². The summed E-state index contributed by atoms with van der Waals surface area (Å²) in [4.78, 5) is 24.0. The fourth-order valence-electron chi connectivity index (χ4n) is 2.23. The predicted octanol–water partition coefficient (Wildman–Crippen LogP) is 2.03. The molecule has 1 aliphatic heterocycles. The molecule has 1 heterocycles. The molecule has 1 unspecified atom stereocenters. The van der Waals surface area contributed by atoms with Crippen LogP contribution >= 0.6 is 0 Å². The molecule has 0 bridgehead atoms. The van der Waals surface area contributed by atoms with Crippen LogP contribution in [-0.2, 0) is 4.79 Å². The average Bonchev–Trinajstić information content (AvgIpc) is 2.77. The first kappa shape index (κ1) is 15.1. The lowest BCUT2D eigenvalue weighted by Crippen LogP contribution is -2.30. The fraction of sp³-hybridized carbons (Fsp3) is 0.500. The first-order valence-electron chi connectivity index (χ1n) is 6.95. The standard InChI is InChI=1S/C14H19N3O4/c1-3-6-21-12-8-10(7-11(9-12)17(19)20)15-13-4-5-16(2)14(13)18/h7-9,13,15H,3-6H2,1-2H3. The molecule has 1 aromatic rings. The fourth-order valence-corrected chi connectivity index (χ4v) is 2.23. The molecule has 0 saturated carbocycles. The molecule has 114 valence electrons. The van der Waals surface area contributed by atoms with Gasteiger partial charge >= 0.3 is 0 Å². The first-order chi connectivity index (χ1) is 10.0. The maximum atomic E-state index is 11.9. The third-order valence-corrected chi connectivity index (χ3v) is 3.34. The Bertz CT molecular complexity index is 547. The van der Waals surface area contributed by atoms with Crippen molar-refractivity contribution in [3.05, 3.63) is 28.3 Å². The van der Waals surface area contributed by atoms with Crippen LogP contribution in [0.3, 0.4) is 0 Å². The number of carbonyl (C=O) groups excluding carboxylic acids is 1. The van der Waals surface area contributed by atoms with Gasteiger partial charge in [0.1, 0.15) is 11.8 Å². The van der Waals surface area contributed by atoms with Gasteiger partial charge in [0.15, 0.2) is 0 Å². The van der Waals surface area contributed by atoms with E-state index in [0.29, 0.717) is 31.0 Å². The number of ether oxygens (including phenoxy) is 1. The molecule has 1 amide bonds. The minimum atomic E-state index is -0.466. The van der Waals surface area contributed by atoms with Crippen molar-refractivity contribution in [3.63, 3.8) is 0 Å². The lowest BCUT2D eigenvalue weighted by atomic mass is 10.2. The van der Waals surface area contributed by atoms with Crippen molar-refractivity contribution >= 4 is 17.3 Å². The maximum absolute atomic E-state index is 11.9. The van der Waals surface area contributed by atoms with Gasteiger partial charge in [-0.25, -0.2) is 0 Å². The van der Waals surface area contributed by atoms with Crippen LogP contribution in [0.2, 0.25) is 0 Å². The normalized spacial score (nSPS) is 17.9. The third-order valence-electron chi connectivity index (χ3n) is 3.34. The van der Waals surface area contributed by atoms with E-state index < -0.39 is 4.92 Å². The van der Waals surface area contributed by atoms with E-state index in [1.54, 1.807) is 18.0 Å². The number of likely N-dealkylation sites (N-methyl/N-ethyl adjacent to an activating group) is 1. The number of hydrogen-bond acceptors (Lipinski definition) is 5. The molecule has 0 aliphatic carbocycles. The van der Waals surface area contributed by atoms with Crippen molar-refractivity contribution in [1.29, 1.82) is 0 Å². The second-order valence-corrected chi connectivity index (χ2v) is 5.07. The molecule has 1 atom stereocenters. The Balaban J connectivity index is 2.19. The zero-order valence-electron chi connectivity index (χ0n) is 12.2. The van der Waals surface area contributed by atoms with E-state index in [2.05, 4.69) is 5.32 Å². The summed E-state index contributed by atoms with van der Waals surface area (Å²) < 4.78 is 5.46. The van der Waals surface area contributed by atoms with E-state index in [-0.39, 0.29) is 17.6 Å². The SMILES string of the molecule is CCCOc1cc(NC2CCN(C)C2=O)cc([N+](=O)[O-])c1. The number of rotatable bonds is 6. The van der Waals surface area contributed by atoms with Gasteiger partial charge in [-0.1, -0.05) is 6.92 Å². The summed E-state index contributed by atoms with van der Waals surface area (Å²) in [5, 5.41) is 14.0. The van der Waals surface area contributed by atoms with Gasteiger partial charge in [0.2, 0.25) is 5.91 Å². The average molecular weight is 293 g/mol. The Hall–Kier alpha value is -2.31. The highest BCUT2D eigenvalue weighted by atomic mass is 16.6. The number of benzene rings is 1. The monoisotopic (exact) mass is 293 g/mol. The summed E-state index contributed by atoms with van der Waals surface area (Å²) in [5.74, 6) is 0.435. The zero-order chi connectivity index (χ0) is 15.4. The zero-order valence-corrected chi connectivity index (χ0v) is 12.2. The summed E-state index contributed by atoms with van der Waals surface area (Å²) in [6.45, 7) is 3.14. The summed E-state index contributed by atoms with van der Waals surface area (Å²) in [6, 6.07) is 4.17. The lowest BCUT2D eigenvalue weighted by molar-refractivity contribution is -0.384. The van der Waals surface area contributed by atoms with Crippen LogP contribution in [-0.4, -0.2) is 42.0 Å². The number of hydrogen-bond donors (Lipinski definition) is 1. The van der Waals surface area contributed by atoms with Crippen molar-refractivity contribution in [2.75, 3.05) is 25.5 Å². The van der Waals surface area contributed by atoms with E-state index in [1.807, 2.05) is 6.92 Å². The molecule has 2 rings (SSSR count). The van der Waals surface area contributed by atoms with E-state index in [4.69, 9.17) is 4.74 Å². The van der Waals surface area contributed by atoms with E-state index >= 15 is 0 Å². The van der Waals surface area contributed by atoms with Crippen molar-refractivity contribution in [1.82, 2.24) is 4.90 Å². The Morgan fingerprint density at radius 1 is 1.48 bits per heavy atom. The molecule has 0 radical (unpaired) electrons. The maximum Gasteiger partial charge on any atom is 0.275 e. The van der Waals surface area contributed by atoms with Gasteiger partial charge in [0.05, 0.1) is 17.6 Å². The number of nitro benzene ring substituents is 1. The Kier molecular flexibility index (Phi) is 4.62. The highest BCUT2D eigenvalue weighted by molar-refractivity contribution is 5.86. The third kappa shape index (κ3) is 3.62. The van der Waals surface area contributed by atoms with Gasteiger partial charge in [-0.05, 0) is 12.8 Å². The molecule has 1 saturated heterocycles. The van der Waals surface area contributed by atoms with Crippen LogP contribution in [0.1, 0.15) is 19.8 Å². The summed E-state index contributed by atoms with van der Waals surface area (Å²) >= 11 is 0.